The number of ether oxygens (including phenoxy) is 1. The van der Waals surface area contributed by atoms with E-state index in [0.717, 1.165) is 13.2 Å². The van der Waals surface area contributed by atoms with Gasteiger partial charge in [-0.3, -0.25) is 0 Å². The minimum atomic E-state index is 0.969. The second kappa shape index (κ2) is 19.8. The molecule has 0 aromatic rings. The van der Waals surface area contributed by atoms with Gasteiger partial charge >= 0.3 is 0 Å². The highest BCUT2D eigenvalue weighted by Crippen LogP contribution is 2.12. The highest BCUT2D eigenvalue weighted by Gasteiger charge is 1.95. The zero-order valence-corrected chi connectivity index (χ0v) is 17.6. The highest BCUT2D eigenvalue weighted by atomic mass is 16.5. The summed E-state index contributed by atoms with van der Waals surface area (Å²) in [4.78, 5) is 0. The van der Waals surface area contributed by atoms with Gasteiger partial charge in [0, 0.05) is 13.2 Å². The molecule has 0 bridgehead atoms. The average molecular weight is 351 g/mol. The van der Waals surface area contributed by atoms with E-state index < -0.39 is 0 Å². The summed E-state index contributed by atoms with van der Waals surface area (Å²) in [5, 5.41) is 0. The molecule has 0 atom stereocenters. The molecule has 0 spiro atoms. The van der Waals surface area contributed by atoms with Crippen LogP contribution in [0.3, 0.4) is 0 Å². The molecular weight excluding hydrogens is 304 g/mol. The van der Waals surface area contributed by atoms with Crippen molar-refractivity contribution in [3.05, 3.63) is 24.3 Å². The summed E-state index contributed by atoms with van der Waals surface area (Å²) in [5.41, 5.74) is 2.66. The van der Waals surface area contributed by atoms with E-state index in [0.29, 0.717) is 0 Å². The second-order valence-electron chi connectivity index (χ2n) is 7.98. The number of rotatable bonds is 20. The van der Waals surface area contributed by atoms with Gasteiger partial charge in [0.05, 0.1) is 0 Å². The van der Waals surface area contributed by atoms with Gasteiger partial charge in [-0.15, -0.1) is 13.2 Å². The van der Waals surface area contributed by atoms with Gasteiger partial charge in [0.2, 0.25) is 0 Å². The van der Waals surface area contributed by atoms with Crippen molar-refractivity contribution in [2.24, 2.45) is 0 Å². The van der Waals surface area contributed by atoms with Crippen LogP contribution in [0.1, 0.15) is 117 Å². The highest BCUT2D eigenvalue weighted by molar-refractivity contribution is 4.87. The number of hydrogen-bond acceptors (Lipinski definition) is 1. The smallest absolute Gasteiger partial charge is 0.0466 e. The molecule has 1 nitrogen and oxygen atoms in total. The Labute approximate surface area is 159 Å². The fourth-order valence-corrected chi connectivity index (χ4v) is 3.13. The Morgan fingerprint density at radius 2 is 0.760 bits per heavy atom. The quantitative estimate of drug-likeness (QED) is 0.158. The van der Waals surface area contributed by atoms with Crippen LogP contribution in [0.2, 0.25) is 0 Å². The van der Waals surface area contributed by atoms with Crippen molar-refractivity contribution in [2.75, 3.05) is 13.2 Å². The van der Waals surface area contributed by atoms with Crippen molar-refractivity contribution in [1.82, 2.24) is 0 Å². The molecule has 1 heteroatoms. The van der Waals surface area contributed by atoms with Crippen LogP contribution in [0.5, 0.6) is 0 Å². The van der Waals surface area contributed by atoms with Crippen LogP contribution >= 0.6 is 0 Å². The number of hydrogen-bond donors (Lipinski definition) is 0. The lowest BCUT2D eigenvalue weighted by atomic mass is 10.1. The summed E-state index contributed by atoms with van der Waals surface area (Å²) in [7, 11) is 0. The molecule has 0 saturated heterocycles. The molecular formula is C24H46O. The SMILES string of the molecule is C=C(C)CCCCCCCCCOCCCCCCCCCC(=C)C. The van der Waals surface area contributed by atoms with E-state index in [1.807, 2.05) is 0 Å². The Morgan fingerprint density at radius 1 is 0.480 bits per heavy atom. The number of allylic oxidation sites excluding steroid dienone is 2. The Bertz CT molecular complexity index is 275. The largest absolute Gasteiger partial charge is 0.381 e. The maximum absolute atomic E-state index is 5.76. The molecule has 0 aliphatic heterocycles. The average Bonchev–Trinajstić information content (AvgIpc) is 2.56. The fourth-order valence-electron chi connectivity index (χ4n) is 3.13. The first-order chi connectivity index (χ1) is 12.1. The predicted molar refractivity (Wildman–Crippen MR) is 114 cm³/mol. The Kier molecular flexibility index (Phi) is 19.3. The van der Waals surface area contributed by atoms with Crippen LogP contribution in [-0.4, -0.2) is 13.2 Å². The molecule has 0 aliphatic carbocycles. The van der Waals surface area contributed by atoms with Gasteiger partial charge in [-0.25, -0.2) is 0 Å². The number of unbranched alkanes of at least 4 members (excludes halogenated alkanes) is 12. The van der Waals surface area contributed by atoms with Gasteiger partial charge in [0.1, 0.15) is 0 Å². The summed E-state index contributed by atoms with van der Waals surface area (Å²) >= 11 is 0. The van der Waals surface area contributed by atoms with Crippen LogP contribution < -0.4 is 0 Å². The Morgan fingerprint density at radius 3 is 1.08 bits per heavy atom. The zero-order valence-electron chi connectivity index (χ0n) is 17.6. The standard InChI is InChI=1S/C24H46O/c1-23(2)19-15-11-7-5-9-13-17-21-25-22-18-14-10-6-8-12-16-20-24(3)4/h1,3,5-22H2,2,4H3. The van der Waals surface area contributed by atoms with Gasteiger partial charge in [0.25, 0.3) is 0 Å². The summed E-state index contributed by atoms with van der Waals surface area (Å²) in [6.07, 6.45) is 21.3. The molecule has 0 aromatic carbocycles. The van der Waals surface area contributed by atoms with Crippen molar-refractivity contribution in [3.8, 4) is 0 Å². The Balaban J connectivity index is 3.00. The normalized spacial score (nSPS) is 11.0. The zero-order chi connectivity index (χ0) is 18.6. The van der Waals surface area contributed by atoms with Crippen LogP contribution in [0.15, 0.2) is 24.3 Å². The van der Waals surface area contributed by atoms with E-state index in [4.69, 9.17) is 4.74 Å². The van der Waals surface area contributed by atoms with E-state index in [1.165, 1.54) is 114 Å². The second-order valence-corrected chi connectivity index (χ2v) is 7.98. The third-order valence-corrected chi connectivity index (χ3v) is 4.78. The lowest BCUT2D eigenvalue weighted by Crippen LogP contribution is -1.97. The molecule has 0 amide bonds. The van der Waals surface area contributed by atoms with Crippen LogP contribution in [0.4, 0.5) is 0 Å². The van der Waals surface area contributed by atoms with Crippen molar-refractivity contribution >= 4 is 0 Å². The third kappa shape index (κ3) is 23.4. The van der Waals surface area contributed by atoms with E-state index >= 15 is 0 Å². The molecule has 0 aliphatic rings. The van der Waals surface area contributed by atoms with Gasteiger partial charge in [-0.05, 0) is 52.4 Å². The molecule has 0 radical (unpaired) electrons. The topological polar surface area (TPSA) is 9.23 Å². The Hall–Kier alpha value is -0.560. The minimum absolute atomic E-state index is 0.969. The van der Waals surface area contributed by atoms with E-state index in [-0.39, 0.29) is 0 Å². The fraction of sp³-hybridized carbons (Fsp3) is 0.833. The molecule has 148 valence electrons. The van der Waals surface area contributed by atoms with E-state index in [2.05, 4.69) is 27.0 Å². The van der Waals surface area contributed by atoms with Crippen molar-refractivity contribution in [2.45, 2.75) is 117 Å². The van der Waals surface area contributed by atoms with Crippen LogP contribution in [0.25, 0.3) is 0 Å². The summed E-state index contributed by atoms with van der Waals surface area (Å²) in [5.74, 6) is 0. The maximum Gasteiger partial charge on any atom is 0.0466 e. The predicted octanol–water partition coefficient (Wildman–Crippen LogP) is 8.40. The van der Waals surface area contributed by atoms with Crippen LogP contribution in [-0.2, 0) is 4.74 Å². The summed E-state index contributed by atoms with van der Waals surface area (Å²) < 4.78 is 5.76. The summed E-state index contributed by atoms with van der Waals surface area (Å²) in [6.45, 7) is 14.1. The minimum Gasteiger partial charge on any atom is -0.381 e. The lowest BCUT2D eigenvalue weighted by molar-refractivity contribution is 0.125. The molecule has 0 heterocycles. The van der Waals surface area contributed by atoms with Crippen molar-refractivity contribution in [1.29, 1.82) is 0 Å². The van der Waals surface area contributed by atoms with Crippen molar-refractivity contribution in [3.63, 3.8) is 0 Å². The van der Waals surface area contributed by atoms with Gasteiger partial charge in [-0.1, -0.05) is 75.4 Å². The van der Waals surface area contributed by atoms with Gasteiger partial charge in [0.15, 0.2) is 0 Å². The maximum atomic E-state index is 5.76. The van der Waals surface area contributed by atoms with E-state index in [1.54, 1.807) is 0 Å². The van der Waals surface area contributed by atoms with Crippen molar-refractivity contribution < 1.29 is 4.74 Å². The molecule has 0 aromatic heterocycles. The first kappa shape index (κ1) is 24.4. The van der Waals surface area contributed by atoms with Gasteiger partial charge in [-0.2, -0.15) is 0 Å². The van der Waals surface area contributed by atoms with Crippen LogP contribution in [0, 0.1) is 0 Å². The molecule has 25 heavy (non-hydrogen) atoms. The molecule has 0 fully saturated rings. The molecule has 0 saturated carbocycles. The third-order valence-electron chi connectivity index (χ3n) is 4.78. The monoisotopic (exact) mass is 350 g/mol. The molecule has 0 rings (SSSR count). The lowest BCUT2D eigenvalue weighted by Gasteiger charge is -2.05. The first-order valence-corrected chi connectivity index (χ1v) is 11.0. The summed E-state index contributed by atoms with van der Waals surface area (Å²) in [6, 6.07) is 0. The van der Waals surface area contributed by atoms with Gasteiger partial charge < -0.3 is 4.74 Å². The molecule has 0 unspecified atom stereocenters. The molecule has 0 N–H and O–H groups in total. The first-order valence-electron chi connectivity index (χ1n) is 11.0. The van der Waals surface area contributed by atoms with E-state index in [9.17, 15) is 0 Å².